The Kier molecular flexibility index (Phi) is 4.57. The molecule has 17 heavy (non-hydrogen) atoms. The zero-order chi connectivity index (χ0) is 12.1. The molecule has 90 valence electrons. The molecule has 4 heteroatoms. The van der Waals surface area contributed by atoms with Crippen LogP contribution < -0.4 is 4.90 Å². The van der Waals surface area contributed by atoms with E-state index >= 15 is 0 Å². The lowest BCUT2D eigenvalue weighted by Crippen LogP contribution is -2.23. The second-order valence-electron chi connectivity index (χ2n) is 3.86. The minimum absolute atomic E-state index is 0.923. The van der Waals surface area contributed by atoms with Crippen molar-refractivity contribution in [2.75, 3.05) is 11.4 Å². The first kappa shape index (κ1) is 12.6. The lowest BCUT2D eigenvalue weighted by molar-refractivity contribution is 0.763. The van der Waals surface area contributed by atoms with Crippen molar-refractivity contribution in [1.82, 2.24) is 4.98 Å². The topological polar surface area (TPSA) is 16.1 Å². The van der Waals surface area contributed by atoms with Gasteiger partial charge < -0.3 is 4.90 Å². The van der Waals surface area contributed by atoms with E-state index in [2.05, 4.69) is 57.0 Å². The predicted octanol–water partition coefficient (Wildman–Crippen LogP) is 4.32. The summed E-state index contributed by atoms with van der Waals surface area (Å²) in [6.45, 7) is 4.16. The smallest absolute Gasteiger partial charge is 0.186 e. The average Bonchev–Trinajstić information content (AvgIpc) is 2.77. The minimum atomic E-state index is 0.923. The van der Waals surface area contributed by atoms with Crippen molar-refractivity contribution in [3.8, 4) is 0 Å². The molecule has 0 amide bonds. The fourth-order valence-electron chi connectivity index (χ4n) is 1.71. The Morgan fingerprint density at radius 3 is 2.65 bits per heavy atom. The van der Waals surface area contributed by atoms with E-state index in [-0.39, 0.29) is 0 Å². The van der Waals surface area contributed by atoms with E-state index in [4.69, 9.17) is 0 Å². The number of thiazole rings is 1. The van der Waals surface area contributed by atoms with Crippen LogP contribution in [0.25, 0.3) is 0 Å². The van der Waals surface area contributed by atoms with E-state index in [1.165, 1.54) is 5.56 Å². The number of rotatable bonds is 5. The highest BCUT2D eigenvalue weighted by Crippen LogP contribution is 2.25. The number of anilines is 1. The molecule has 0 saturated carbocycles. The molecule has 0 spiro atoms. The van der Waals surface area contributed by atoms with Crippen LogP contribution >= 0.6 is 27.3 Å². The number of nitrogens with zero attached hydrogens (tertiary/aromatic N) is 2. The van der Waals surface area contributed by atoms with Crippen LogP contribution in [-0.2, 0) is 6.54 Å². The fraction of sp³-hybridized carbons (Fsp3) is 0.308. The summed E-state index contributed by atoms with van der Waals surface area (Å²) in [6.07, 6.45) is 1.13. The maximum atomic E-state index is 4.49. The Labute approximate surface area is 114 Å². The van der Waals surface area contributed by atoms with Gasteiger partial charge in [-0.25, -0.2) is 4.98 Å². The number of halogens is 1. The zero-order valence-corrected chi connectivity index (χ0v) is 12.2. The van der Waals surface area contributed by atoms with Gasteiger partial charge in [0, 0.05) is 18.5 Å². The number of benzene rings is 1. The van der Waals surface area contributed by atoms with Gasteiger partial charge in [-0.2, -0.15) is 0 Å². The van der Waals surface area contributed by atoms with E-state index in [1.807, 2.05) is 11.4 Å². The third-order valence-corrected chi connectivity index (χ3v) is 4.06. The molecule has 0 bridgehead atoms. The SMILES string of the molecule is CCCN(Cc1ccccc1)c1nc(Br)cs1. The van der Waals surface area contributed by atoms with E-state index in [9.17, 15) is 0 Å². The summed E-state index contributed by atoms with van der Waals surface area (Å²) >= 11 is 5.09. The first-order valence-electron chi connectivity index (χ1n) is 5.69. The molecular weight excluding hydrogens is 296 g/mol. The summed E-state index contributed by atoms with van der Waals surface area (Å²) in [7, 11) is 0. The largest absolute Gasteiger partial charge is 0.344 e. The van der Waals surface area contributed by atoms with Gasteiger partial charge in [-0.1, -0.05) is 37.3 Å². The number of hydrogen-bond acceptors (Lipinski definition) is 3. The molecule has 0 aliphatic heterocycles. The molecule has 0 saturated heterocycles. The minimum Gasteiger partial charge on any atom is -0.344 e. The van der Waals surface area contributed by atoms with Crippen LogP contribution in [0.15, 0.2) is 40.3 Å². The van der Waals surface area contributed by atoms with Crippen molar-refractivity contribution in [3.63, 3.8) is 0 Å². The summed E-state index contributed by atoms with van der Waals surface area (Å²) in [4.78, 5) is 6.81. The Hall–Kier alpha value is -0.870. The highest BCUT2D eigenvalue weighted by Gasteiger charge is 2.10. The van der Waals surface area contributed by atoms with Crippen molar-refractivity contribution in [2.24, 2.45) is 0 Å². The van der Waals surface area contributed by atoms with Gasteiger partial charge in [0.2, 0.25) is 0 Å². The molecule has 2 aromatic rings. The summed E-state index contributed by atoms with van der Waals surface area (Å²) < 4.78 is 0.923. The number of aromatic nitrogens is 1. The second-order valence-corrected chi connectivity index (χ2v) is 5.51. The maximum Gasteiger partial charge on any atom is 0.186 e. The molecule has 1 aromatic carbocycles. The van der Waals surface area contributed by atoms with Gasteiger partial charge in [0.15, 0.2) is 5.13 Å². The molecule has 0 unspecified atom stereocenters. The van der Waals surface area contributed by atoms with Crippen LogP contribution in [0.4, 0.5) is 5.13 Å². The lowest BCUT2D eigenvalue weighted by Gasteiger charge is -2.21. The summed E-state index contributed by atoms with van der Waals surface area (Å²) in [6, 6.07) is 10.5. The standard InChI is InChI=1S/C13H15BrN2S/c1-2-8-16(13-15-12(14)10-17-13)9-11-6-4-3-5-7-11/h3-7,10H,2,8-9H2,1H3. The van der Waals surface area contributed by atoms with E-state index in [0.29, 0.717) is 0 Å². The highest BCUT2D eigenvalue weighted by atomic mass is 79.9. The average molecular weight is 311 g/mol. The molecular formula is C13H15BrN2S. The van der Waals surface area contributed by atoms with Crippen LogP contribution in [0, 0.1) is 0 Å². The number of hydrogen-bond donors (Lipinski definition) is 0. The molecule has 0 aliphatic rings. The molecule has 0 N–H and O–H groups in total. The molecule has 1 heterocycles. The molecule has 2 nitrogen and oxygen atoms in total. The van der Waals surface area contributed by atoms with Crippen LogP contribution in [-0.4, -0.2) is 11.5 Å². The second kappa shape index (κ2) is 6.17. The normalized spacial score (nSPS) is 10.5. The third kappa shape index (κ3) is 3.54. The first-order chi connectivity index (χ1) is 8.29. The van der Waals surface area contributed by atoms with Gasteiger partial charge in [0.25, 0.3) is 0 Å². The van der Waals surface area contributed by atoms with Crippen LogP contribution in [0.1, 0.15) is 18.9 Å². The van der Waals surface area contributed by atoms with E-state index in [0.717, 1.165) is 29.2 Å². The van der Waals surface area contributed by atoms with E-state index < -0.39 is 0 Å². The van der Waals surface area contributed by atoms with Gasteiger partial charge in [-0.3, -0.25) is 0 Å². The lowest BCUT2D eigenvalue weighted by atomic mass is 10.2. The fourth-order valence-corrected chi connectivity index (χ4v) is 2.98. The van der Waals surface area contributed by atoms with Crippen molar-refractivity contribution in [3.05, 3.63) is 45.9 Å². The van der Waals surface area contributed by atoms with Gasteiger partial charge in [-0.15, -0.1) is 11.3 Å². The van der Waals surface area contributed by atoms with E-state index in [1.54, 1.807) is 11.3 Å². The Morgan fingerprint density at radius 2 is 2.06 bits per heavy atom. The Balaban J connectivity index is 2.13. The Morgan fingerprint density at radius 1 is 1.29 bits per heavy atom. The molecule has 0 radical (unpaired) electrons. The van der Waals surface area contributed by atoms with Gasteiger partial charge in [-0.05, 0) is 27.9 Å². The summed E-state index contributed by atoms with van der Waals surface area (Å²) in [5, 5.41) is 3.12. The van der Waals surface area contributed by atoms with Crippen molar-refractivity contribution in [1.29, 1.82) is 0 Å². The summed E-state index contributed by atoms with van der Waals surface area (Å²) in [5.41, 5.74) is 1.33. The van der Waals surface area contributed by atoms with Crippen molar-refractivity contribution >= 4 is 32.4 Å². The van der Waals surface area contributed by atoms with Crippen LogP contribution in [0.3, 0.4) is 0 Å². The van der Waals surface area contributed by atoms with Gasteiger partial charge in [0.1, 0.15) is 4.60 Å². The first-order valence-corrected chi connectivity index (χ1v) is 7.36. The quantitative estimate of drug-likeness (QED) is 0.817. The maximum absolute atomic E-state index is 4.49. The van der Waals surface area contributed by atoms with Gasteiger partial charge >= 0.3 is 0 Å². The Bertz CT molecular complexity index is 455. The third-order valence-electron chi connectivity index (χ3n) is 2.44. The van der Waals surface area contributed by atoms with Crippen molar-refractivity contribution in [2.45, 2.75) is 19.9 Å². The molecule has 1 aromatic heterocycles. The molecule has 0 atom stereocenters. The van der Waals surface area contributed by atoms with Crippen molar-refractivity contribution < 1.29 is 0 Å². The highest BCUT2D eigenvalue weighted by molar-refractivity contribution is 9.10. The summed E-state index contributed by atoms with van der Waals surface area (Å²) in [5.74, 6) is 0. The predicted molar refractivity (Wildman–Crippen MR) is 77.6 cm³/mol. The molecule has 0 fully saturated rings. The van der Waals surface area contributed by atoms with Crippen LogP contribution in [0.2, 0.25) is 0 Å². The monoisotopic (exact) mass is 310 g/mol. The van der Waals surface area contributed by atoms with Gasteiger partial charge in [0.05, 0.1) is 0 Å². The molecule has 0 aliphatic carbocycles. The zero-order valence-electron chi connectivity index (χ0n) is 9.77. The molecule has 2 rings (SSSR count). The van der Waals surface area contributed by atoms with Crippen LogP contribution in [0.5, 0.6) is 0 Å².